The molecule has 1 amide bonds. The summed E-state index contributed by atoms with van der Waals surface area (Å²) < 4.78 is 0. The highest BCUT2D eigenvalue weighted by Crippen LogP contribution is 2.30. The first-order valence-corrected chi connectivity index (χ1v) is 8.85. The lowest BCUT2D eigenvalue weighted by Crippen LogP contribution is -2.30. The van der Waals surface area contributed by atoms with Gasteiger partial charge in [0, 0.05) is 23.5 Å². The minimum atomic E-state index is -0.643. The van der Waals surface area contributed by atoms with Gasteiger partial charge in [0.05, 0.1) is 16.3 Å². The normalized spacial score (nSPS) is 11.3. The lowest BCUT2D eigenvalue weighted by atomic mass is 10.00. The summed E-state index contributed by atoms with van der Waals surface area (Å²) in [7, 11) is 0. The van der Waals surface area contributed by atoms with Crippen LogP contribution in [0.25, 0.3) is 11.1 Å². The molecular weight excluding hydrogens is 385 g/mol. The Labute approximate surface area is 166 Å². The Morgan fingerprint density at radius 1 is 1.07 bits per heavy atom. The third-order valence-electron chi connectivity index (χ3n) is 3.96. The summed E-state index contributed by atoms with van der Waals surface area (Å²) in [5, 5.41) is 4.06. The maximum absolute atomic E-state index is 11.3. The van der Waals surface area contributed by atoms with Crippen LogP contribution in [0.5, 0.6) is 0 Å². The topological polar surface area (TPSA) is 93.8 Å². The van der Waals surface area contributed by atoms with Crippen LogP contribution >= 0.6 is 23.2 Å². The number of pyridine rings is 1. The molecule has 1 aromatic carbocycles. The summed E-state index contributed by atoms with van der Waals surface area (Å²) in [5.41, 5.74) is 7.27. The van der Waals surface area contributed by atoms with Crippen molar-refractivity contribution in [1.82, 2.24) is 15.0 Å². The molecule has 0 saturated heterocycles. The third-order valence-corrected chi connectivity index (χ3v) is 4.48. The first-order valence-electron chi connectivity index (χ1n) is 8.09. The van der Waals surface area contributed by atoms with Gasteiger partial charge >= 0.3 is 0 Å². The number of primary amides is 1. The summed E-state index contributed by atoms with van der Waals surface area (Å²) in [5.74, 6) is -0.0728. The maximum Gasteiger partial charge on any atom is 0.248 e. The van der Waals surface area contributed by atoms with Crippen molar-refractivity contribution in [2.45, 2.75) is 19.4 Å². The van der Waals surface area contributed by atoms with Crippen LogP contribution in [-0.2, 0) is 5.54 Å². The Morgan fingerprint density at radius 2 is 1.78 bits per heavy atom. The van der Waals surface area contributed by atoms with E-state index in [1.165, 1.54) is 0 Å². The summed E-state index contributed by atoms with van der Waals surface area (Å²) in [6.07, 6.45) is 3.33. The number of benzene rings is 1. The Hall–Kier alpha value is -2.70. The molecule has 0 aliphatic carbocycles. The van der Waals surface area contributed by atoms with Gasteiger partial charge in [-0.05, 0) is 43.7 Å². The molecule has 0 bridgehead atoms. The standard InChI is InChI=1S/C19H17Cl2N5O/c1-19(2,16-14(20)6-7-15(21)25-16)26-18-23-9-13(10-24-18)11-4-3-5-12(8-11)17(22)27/h3-10H,1-2H3,(H2,22,27)(H,23,24,26). The molecule has 138 valence electrons. The molecule has 3 rings (SSSR count). The highest BCUT2D eigenvalue weighted by Gasteiger charge is 2.26. The molecule has 0 unspecified atom stereocenters. The number of nitrogens with two attached hydrogens (primary N) is 1. The Bertz CT molecular complexity index is 990. The molecule has 2 aromatic heterocycles. The van der Waals surface area contributed by atoms with Gasteiger partial charge in [-0.2, -0.15) is 0 Å². The van der Waals surface area contributed by atoms with Gasteiger partial charge in [-0.3, -0.25) is 4.79 Å². The van der Waals surface area contributed by atoms with Gasteiger partial charge in [0.2, 0.25) is 11.9 Å². The van der Waals surface area contributed by atoms with Crippen LogP contribution in [0.1, 0.15) is 29.9 Å². The molecule has 3 N–H and O–H groups in total. The summed E-state index contributed by atoms with van der Waals surface area (Å²) in [4.78, 5) is 24.3. The van der Waals surface area contributed by atoms with E-state index in [0.29, 0.717) is 27.4 Å². The van der Waals surface area contributed by atoms with Gasteiger partial charge in [-0.25, -0.2) is 15.0 Å². The van der Waals surface area contributed by atoms with E-state index in [4.69, 9.17) is 28.9 Å². The van der Waals surface area contributed by atoms with Crippen molar-refractivity contribution in [3.05, 3.63) is 70.2 Å². The van der Waals surface area contributed by atoms with E-state index in [0.717, 1.165) is 11.1 Å². The zero-order valence-corrected chi connectivity index (χ0v) is 16.2. The molecule has 0 saturated carbocycles. The molecule has 0 spiro atoms. The predicted octanol–water partition coefficient (Wildman–Crippen LogP) is 4.29. The van der Waals surface area contributed by atoms with Crippen molar-refractivity contribution >= 4 is 35.1 Å². The maximum atomic E-state index is 11.3. The van der Waals surface area contributed by atoms with E-state index in [1.807, 2.05) is 19.9 Å². The number of rotatable bonds is 5. The molecule has 2 heterocycles. The number of hydrogen-bond acceptors (Lipinski definition) is 5. The SMILES string of the molecule is CC(C)(Nc1ncc(-c2cccc(C(N)=O)c2)cn1)c1nc(Cl)ccc1Cl. The number of halogens is 2. The van der Waals surface area contributed by atoms with Gasteiger partial charge in [-0.15, -0.1) is 0 Å². The van der Waals surface area contributed by atoms with Crippen LogP contribution in [0.4, 0.5) is 5.95 Å². The molecule has 0 atom stereocenters. The molecule has 0 radical (unpaired) electrons. The average molecular weight is 402 g/mol. The van der Waals surface area contributed by atoms with Crippen LogP contribution in [0.3, 0.4) is 0 Å². The minimum Gasteiger partial charge on any atom is -0.366 e. The fourth-order valence-electron chi connectivity index (χ4n) is 2.59. The van der Waals surface area contributed by atoms with E-state index >= 15 is 0 Å². The Morgan fingerprint density at radius 3 is 2.44 bits per heavy atom. The zero-order valence-electron chi connectivity index (χ0n) is 14.7. The second-order valence-electron chi connectivity index (χ2n) is 6.45. The van der Waals surface area contributed by atoms with Crippen LogP contribution in [0.2, 0.25) is 10.2 Å². The summed E-state index contributed by atoms with van der Waals surface area (Å²) >= 11 is 12.2. The van der Waals surface area contributed by atoms with Gasteiger partial charge in [0.15, 0.2) is 0 Å². The Balaban J connectivity index is 1.84. The number of carbonyl (C=O) groups excluding carboxylic acids is 1. The van der Waals surface area contributed by atoms with E-state index in [2.05, 4.69) is 20.3 Å². The summed E-state index contributed by atoms with van der Waals surface area (Å²) in [6.45, 7) is 3.82. The fourth-order valence-corrected chi connectivity index (χ4v) is 3.08. The molecule has 0 fully saturated rings. The second-order valence-corrected chi connectivity index (χ2v) is 7.25. The molecule has 8 heteroatoms. The number of anilines is 1. The number of carbonyl (C=O) groups is 1. The number of amides is 1. The predicted molar refractivity (Wildman–Crippen MR) is 107 cm³/mol. The third kappa shape index (κ3) is 4.35. The van der Waals surface area contributed by atoms with Crippen molar-refractivity contribution in [2.75, 3.05) is 5.32 Å². The average Bonchev–Trinajstić information content (AvgIpc) is 2.64. The zero-order chi connectivity index (χ0) is 19.6. The monoisotopic (exact) mass is 401 g/mol. The van der Waals surface area contributed by atoms with E-state index in [-0.39, 0.29) is 0 Å². The van der Waals surface area contributed by atoms with E-state index < -0.39 is 11.4 Å². The molecule has 0 aliphatic heterocycles. The first kappa shape index (κ1) is 19.1. The van der Waals surface area contributed by atoms with Crippen LogP contribution in [0, 0.1) is 0 Å². The van der Waals surface area contributed by atoms with Crippen molar-refractivity contribution in [1.29, 1.82) is 0 Å². The molecule has 27 heavy (non-hydrogen) atoms. The molecule has 0 aliphatic rings. The fraction of sp³-hybridized carbons (Fsp3) is 0.158. The van der Waals surface area contributed by atoms with Crippen LogP contribution in [-0.4, -0.2) is 20.9 Å². The molecular formula is C19H17Cl2N5O. The van der Waals surface area contributed by atoms with Crippen molar-refractivity contribution in [2.24, 2.45) is 5.73 Å². The van der Waals surface area contributed by atoms with Gasteiger partial charge in [0.1, 0.15) is 5.15 Å². The van der Waals surface area contributed by atoms with Gasteiger partial charge < -0.3 is 11.1 Å². The minimum absolute atomic E-state index is 0.356. The van der Waals surface area contributed by atoms with Crippen LogP contribution in [0.15, 0.2) is 48.8 Å². The highest BCUT2D eigenvalue weighted by molar-refractivity contribution is 6.32. The molecule has 6 nitrogen and oxygen atoms in total. The van der Waals surface area contributed by atoms with E-state index in [9.17, 15) is 4.79 Å². The number of nitrogens with one attached hydrogen (secondary N) is 1. The van der Waals surface area contributed by atoms with Crippen LogP contribution < -0.4 is 11.1 Å². The van der Waals surface area contributed by atoms with E-state index in [1.54, 1.807) is 42.7 Å². The molecule has 3 aromatic rings. The van der Waals surface area contributed by atoms with Crippen molar-refractivity contribution in [3.8, 4) is 11.1 Å². The number of nitrogens with zero attached hydrogens (tertiary/aromatic N) is 3. The second kappa shape index (κ2) is 7.50. The Kier molecular flexibility index (Phi) is 5.30. The van der Waals surface area contributed by atoms with Gasteiger partial charge in [-0.1, -0.05) is 35.3 Å². The largest absolute Gasteiger partial charge is 0.366 e. The van der Waals surface area contributed by atoms with Crippen molar-refractivity contribution in [3.63, 3.8) is 0 Å². The summed E-state index contributed by atoms with van der Waals surface area (Å²) in [6, 6.07) is 10.3. The smallest absolute Gasteiger partial charge is 0.248 e. The lowest BCUT2D eigenvalue weighted by molar-refractivity contribution is 0.100. The quantitative estimate of drug-likeness (QED) is 0.621. The lowest BCUT2D eigenvalue weighted by Gasteiger charge is -2.26. The highest BCUT2D eigenvalue weighted by atomic mass is 35.5. The number of hydrogen-bond donors (Lipinski definition) is 2. The van der Waals surface area contributed by atoms with Gasteiger partial charge in [0.25, 0.3) is 0 Å². The number of aromatic nitrogens is 3. The van der Waals surface area contributed by atoms with Crippen molar-refractivity contribution < 1.29 is 4.79 Å². The first-order chi connectivity index (χ1) is 12.8.